The Kier molecular flexibility index (Phi) is 3.23. The molecule has 0 atom stereocenters. The predicted octanol–water partition coefficient (Wildman–Crippen LogP) is 2.20. The van der Waals surface area contributed by atoms with Crippen molar-refractivity contribution in [3.63, 3.8) is 0 Å². The van der Waals surface area contributed by atoms with Crippen LogP contribution >= 0.6 is 0 Å². The molecule has 5 heteroatoms. The fraction of sp³-hybridized carbons (Fsp3) is 0.500. The van der Waals surface area contributed by atoms with Gasteiger partial charge in [0.1, 0.15) is 5.67 Å². The van der Waals surface area contributed by atoms with Crippen LogP contribution in [0.2, 0.25) is 0 Å². The zero-order valence-corrected chi connectivity index (χ0v) is 10.6. The second kappa shape index (κ2) is 4.38. The van der Waals surface area contributed by atoms with Crippen molar-refractivity contribution in [3.8, 4) is 0 Å². The molecule has 1 fully saturated rings. The smallest absolute Gasteiger partial charge is 0.243 e. The van der Waals surface area contributed by atoms with Gasteiger partial charge in [-0.2, -0.15) is 4.31 Å². The zero-order valence-electron chi connectivity index (χ0n) is 9.77. The average Bonchev–Trinajstić information content (AvgIpc) is 2.29. The maximum Gasteiger partial charge on any atom is 0.243 e. The average molecular weight is 257 g/mol. The van der Waals surface area contributed by atoms with Crippen LogP contribution in [0.25, 0.3) is 0 Å². The molecule has 0 aliphatic carbocycles. The lowest BCUT2D eigenvalue weighted by atomic mass is 9.97. The number of alkyl halides is 1. The second-order valence-electron chi connectivity index (χ2n) is 4.63. The summed E-state index contributed by atoms with van der Waals surface area (Å²) in [7, 11) is -3.45. The van der Waals surface area contributed by atoms with Gasteiger partial charge in [0, 0.05) is 13.1 Å². The summed E-state index contributed by atoms with van der Waals surface area (Å²) in [4.78, 5) is 0.280. The minimum Gasteiger partial charge on any atom is -0.244 e. The molecule has 0 spiro atoms. The number of piperidine rings is 1. The maximum absolute atomic E-state index is 13.6. The Hall–Kier alpha value is -0.940. The van der Waals surface area contributed by atoms with Gasteiger partial charge in [0.25, 0.3) is 0 Å². The zero-order chi connectivity index (χ0) is 12.5. The van der Waals surface area contributed by atoms with Crippen molar-refractivity contribution in [2.75, 3.05) is 13.1 Å². The summed E-state index contributed by atoms with van der Waals surface area (Å²) in [6, 6.07) is 8.29. The standard InChI is InChI=1S/C12H16FNO2S/c1-12(13)7-9-14(10-8-12)17(15,16)11-5-3-2-4-6-11/h2-6H,7-10H2,1H3. The van der Waals surface area contributed by atoms with Gasteiger partial charge in [-0.25, -0.2) is 12.8 Å². The summed E-state index contributed by atoms with van der Waals surface area (Å²) in [6.07, 6.45) is 0.526. The Morgan fingerprint density at radius 2 is 1.71 bits per heavy atom. The Labute approximate surface area is 101 Å². The summed E-state index contributed by atoms with van der Waals surface area (Å²) >= 11 is 0. The maximum atomic E-state index is 13.6. The number of nitrogens with zero attached hydrogens (tertiary/aromatic N) is 1. The highest BCUT2D eigenvalue weighted by Crippen LogP contribution is 2.28. The summed E-state index contributed by atoms with van der Waals surface area (Å²) in [5, 5.41) is 0. The SMILES string of the molecule is CC1(F)CCN(S(=O)(=O)c2ccccc2)CC1. The van der Waals surface area contributed by atoms with E-state index in [1.165, 1.54) is 11.2 Å². The Morgan fingerprint density at radius 1 is 1.18 bits per heavy atom. The quantitative estimate of drug-likeness (QED) is 0.814. The molecule has 0 saturated carbocycles. The fourth-order valence-electron chi connectivity index (χ4n) is 1.93. The molecule has 1 aromatic carbocycles. The van der Waals surface area contributed by atoms with Crippen molar-refractivity contribution in [3.05, 3.63) is 30.3 Å². The Morgan fingerprint density at radius 3 is 2.24 bits per heavy atom. The monoisotopic (exact) mass is 257 g/mol. The minimum atomic E-state index is -3.45. The Bertz CT molecular complexity index is 474. The van der Waals surface area contributed by atoms with Gasteiger partial charge in [-0.1, -0.05) is 18.2 Å². The molecule has 17 heavy (non-hydrogen) atoms. The van der Waals surface area contributed by atoms with Crippen LogP contribution in [0.15, 0.2) is 35.2 Å². The van der Waals surface area contributed by atoms with Gasteiger partial charge in [-0.15, -0.1) is 0 Å². The van der Waals surface area contributed by atoms with Crippen molar-refractivity contribution in [1.82, 2.24) is 4.31 Å². The lowest BCUT2D eigenvalue weighted by Crippen LogP contribution is -2.43. The molecule has 94 valence electrons. The molecule has 0 amide bonds. The van der Waals surface area contributed by atoms with Gasteiger partial charge in [0.15, 0.2) is 0 Å². The molecule has 0 bridgehead atoms. The van der Waals surface area contributed by atoms with Crippen LogP contribution in [0.3, 0.4) is 0 Å². The van der Waals surface area contributed by atoms with Crippen molar-refractivity contribution in [2.45, 2.75) is 30.3 Å². The predicted molar refractivity (Wildman–Crippen MR) is 63.9 cm³/mol. The number of benzene rings is 1. The van der Waals surface area contributed by atoms with Crippen LogP contribution in [0.1, 0.15) is 19.8 Å². The van der Waals surface area contributed by atoms with Crippen LogP contribution in [-0.2, 0) is 10.0 Å². The topological polar surface area (TPSA) is 37.4 Å². The van der Waals surface area contributed by atoms with Gasteiger partial charge in [-0.3, -0.25) is 0 Å². The van der Waals surface area contributed by atoms with Crippen molar-refractivity contribution >= 4 is 10.0 Å². The lowest BCUT2D eigenvalue weighted by molar-refractivity contribution is 0.108. The van der Waals surface area contributed by atoms with Gasteiger partial charge in [0.05, 0.1) is 4.90 Å². The van der Waals surface area contributed by atoms with E-state index in [0.29, 0.717) is 0 Å². The molecule has 2 rings (SSSR count). The molecular formula is C12H16FNO2S. The molecule has 0 N–H and O–H groups in total. The first-order valence-electron chi connectivity index (χ1n) is 5.66. The van der Waals surface area contributed by atoms with Gasteiger partial charge < -0.3 is 0 Å². The first kappa shape index (κ1) is 12.5. The fourth-order valence-corrected chi connectivity index (χ4v) is 3.40. The third kappa shape index (κ3) is 2.66. The van der Waals surface area contributed by atoms with Crippen molar-refractivity contribution < 1.29 is 12.8 Å². The summed E-state index contributed by atoms with van der Waals surface area (Å²) in [6.45, 7) is 2.04. The van der Waals surface area contributed by atoms with E-state index in [4.69, 9.17) is 0 Å². The molecule has 0 aromatic heterocycles. The van der Waals surface area contributed by atoms with Crippen LogP contribution in [0.5, 0.6) is 0 Å². The molecule has 1 saturated heterocycles. The molecule has 1 aliphatic heterocycles. The van der Waals surface area contributed by atoms with E-state index >= 15 is 0 Å². The minimum absolute atomic E-state index is 0.254. The van der Waals surface area contributed by atoms with Gasteiger partial charge in [-0.05, 0) is 31.9 Å². The molecule has 1 heterocycles. The van der Waals surface area contributed by atoms with E-state index in [9.17, 15) is 12.8 Å². The Balaban J connectivity index is 2.19. The van der Waals surface area contributed by atoms with Crippen LogP contribution < -0.4 is 0 Å². The molecule has 1 aromatic rings. The highest BCUT2D eigenvalue weighted by Gasteiger charge is 2.35. The van der Waals surface area contributed by atoms with E-state index in [1.807, 2.05) is 0 Å². The van der Waals surface area contributed by atoms with E-state index in [1.54, 1.807) is 30.3 Å². The normalized spacial score (nSPS) is 21.3. The molecular weight excluding hydrogens is 241 g/mol. The first-order chi connectivity index (χ1) is 7.92. The van der Waals surface area contributed by atoms with Gasteiger partial charge in [0.2, 0.25) is 10.0 Å². The summed E-state index contributed by atoms with van der Waals surface area (Å²) < 4.78 is 39.4. The number of hydrogen-bond acceptors (Lipinski definition) is 2. The lowest BCUT2D eigenvalue weighted by Gasteiger charge is -2.33. The van der Waals surface area contributed by atoms with E-state index in [2.05, 4.69) is 0 Å². The van der Waals surface area contributed by atoms with Crippen molar-refractivity contribution in [2.24, 2.45) is 0 Å². The highest BCUT2D eigenvalue weighted by molar-refractivity contribution is 7.89. The third-order valence-electron chi connectivity index (χ3n) is 3.15. The highest BCUT2D eigenvalue weighted by atomic mass is 32.2. The molecule has 3 nitrogen and oxygen atoms in total. The van der Waals surface area contributed by atoms with E-state index in [-0.39, 0.29) is 30.8 Å². The number of halogens is 1. The third-order valence-corrected chi connectivity index (χ3v) is 5.06. The summed E-state index contributed by atoms with van der Waals surface area (Å²) in [5.41, 5.74) is -1.23. The molecule has 0 unspecified atom stereocenters. The van der Waals surface area contributed by atoms with E-state index in [0.717, 1.165) is 0 Å². The largest absolute Gasteiger partial charge is 0.244 e. The molecule has 0 radical (unpaired) electrons. The van der Waals surface area contributed by atoms with Crippen LogP contribution in [0.4, 0.5) is 4.39 Å². The van der Waals surface area contributed by atoms with Crippen molar-refractivity contribution in [1.29, 1.82) is 0 Å². The van der Waals surface area contributed by atoms with Gasteiger partial charge >= 0.3 is 0 Å². The first-order valence-corrected chi connectivity index (χ1v) is 7.10. The number of rotatable bonds is 2. The van der Waals surface area contributed by atoms with Crippen LogP contribution in [-0.4, -0.2) is 31.5 Å². The number of sulfonamides is 1. The number of hydrogen-bond donors (Lipinski definition) is 0. The van der Waals surface area contributed by atoms with E-state index < -0.39 is 15.7 Å². The molecule has 1 aliphatic rings. The summed E-state index contributed by atoms with van der Waals surface area (Å²) in [5.74, 6) is 0. The second-order valence-corrected chi connectivity index (χ2v) is 6.57. The van der Waals surface area contributed by atoms with Crippen LogP contribution in [0, 0.1) is 0 Å².